The smallest absolute Gasteiger partial charge is 0.338 e. The van der Waals surface area contributed by atoms with E-state index in [2.05, 4.69) is 20.9 Å². The summed E-state index contributed by atoms with van der Waals surface area (Å²) in [5.41, 5.74) is 1.76. The first kappa shape index (κ1) is 14.8. The fourth-order valence-corrected chi connectivity index (χ4v) is 2.34. The highest BCUT2D eigenvalue weighted by Crippen LogP contribution is 2.35. The summed E-state index contributed by atoms with van der Waals surface area (Å²) in [4.78, 5) is 15.8. The molecule has 20 heavy (non-hydrogen) atoms. The number of carbonyl (C=O) groups is 1. The SMILES string of the molecule is COC(=O)c1ccc(Br)cc1-c1cc(Cl)ncc1OC. The molecule has 0 unspecified atom stereocenters. The predicted octanol–water partition coefficient (Wildman–Crippen LogP) is 3.96. The number of hydrogen-bond donors (Lipinski definition) is 0. The number of esters is 1. The first-order chi connectivity index (χ1) is 9.56. The fourth-order valence-electron chi connectivity index (χ4n) is 1.82. The van der Waals surface area contributed by atoms with Gasteiger partial charge in [-0.15, -0.1) is 0 Å². The number of hydrogen-bond acceptors (Lipinski definition) is 4. The Kier molecular flexibility index (Phi) is 4.62. The highest BCUT2D eigenvalue weighted by Gasteiger charge is 2.17. The van der Waals surface area contributed by atoms with E-state index in [9.17, 15) is 4.79 Å². The van der Waals surface area contributed by atoms with Crippen molar-refractivity contribution in [2.24, 2.45) is 0 Å². The van der Waals surface area contributed by atoms with Crippen LogP contribution in [0, 0.1) is 0 Å². The Balaban J connectivity index is 2.71. The second kappa shape index (κ2) is 6.24. The average molecular weight is 357 g/mol. The molecule has 1 heterocycles. The normalized spacial score (nSPS) is 10.2. The molecule has 104 valence electrons. The maximum Gasteiger partial charge on any atom is 0.338 e. The van der Waals surface area contributed by atoms with Gasteiger partial charge in [-0.1, -0.05) is 27.5 Å². The molecule has 0 fully saturated rings. The quantitative estimate of drug-likeness (QED) is 0.617. The van der Waals surface area contributed by atoms with Crippen molar-refractivity contribution in [1.29, 1.82) is 0 Å². The van der Waals surface area contributed by atoms with Gasteiger partial charge in [-0.2, -0.15) is 0 Å². The van der Waals surface area contributed by atoms with Crippen LogP contribution in [0.15, 0.2) is 34.9 Å². The molecule has 0 aliphatic carbocycles. The van der Waals surface area contributed by atoms with Crippen molar-refractivity contribution >= 4 is 33.5 Å². The lowest BCUT2D eigenvalue weighted by molar-refractivity contribution is 0.0601. The average Bonchev–Trinajstić information content (AvgIpc) is 2.46. The van der Waals surface area contributed by atoms with Crippen molar-refractivity contribution in [3.05, 3.63) is 45.7 Å². The zero-order valence-electron chi connectivity index (χ0n) is 10.8. The topological polar surface area (TPSA) is 48.4 Å². The maximum atomic E-state index is 11.9. The van der Waals surface area contributed by atoms with Gasteiger partial charge in [0.1, 0.15) is 10.9 Å². The van der Waals surface area contributed by atoms with Crippen LogP contribution in [0.5, 0.6) is 5.75 Å². The van der Waals surface area contributed by atoms with Crippen LogP contribution in [-0.2, 0) is 4.74 Å². The minimum Gasteiger partial charge on any atom is -0.494 e. The maximum absolute atomic E-state index is 11.9. The van der Waals surface area contributed by atoms with Gasteiger partial charge in [0.15, 0.2) is 0 Å². The van der Waals surface area contributed by atoms with Crippen molar-refractivity contribution in [1.82, 2.24) is 4.98 Å². The number of pyridine rings is 1. The molecule has 0 aliphatic rings. The van der Waals surface area contributed by atoms with E-state index in [1.807, 2.05) is 0 Å². The molecule has 0 bridgehead atoms. The van der Waals surface area contributed by atoms with Crippen LogP contribution >= 0.6 is 27.5 Å². The molecule has 2 aromatic rings. The Bertz CT molecular complexity index is 661. The second-order valence-electron chi connectivity index (χ2n) is 3.89. The summed E-state index contributed by atoms with van der Waals surface area (Å²) in [6, 6.07) is 6.90. The molecule has 0 N–H and O–H groups in total. The second-order valence-corrected chi connectivity index (χ2v) is 5.19. The summed E-state index contributed by atoms with van der Waals surface area (Å²) < 4.78 is 10.9. The molecule has 0 aliphatic heterocycles. The lowest BCUT2D eigenvalue weighted by atomic mass is 10.00. The first-order valence-corrected chi connectivity index (χ1v) is 6.81. The third kappa shape index (κ3) is 2.94. The van der Waals surface area contributed by atoms with Gasteiger partial charge in [-0.3, -0.25) is 0 Å². The highest BCUT2D eigenvalue weighted by molar-refractivity contribution is 9.10. The van der Waals surface area contributed by atoms with Gasteiger partial charge in [0.05, 0.1) is 26.0 Å². The minimum absolute atomic E-state index is 0.316. The molecule has 6 heteroatoms. The van der Waals surface area contributed by atoms with E-state index >= 15 is 0 Å². The van der Waals surface area contributed by atoms with Gasteiger partial charge >= 0.3 is 5.97 Å². The first-order valence-electron chi connectivity index (χ1n) is 5.64. The monoisotopic (exact) mass is 355 g/mol. The number of methoxy groups -OCH3 is 2. The van der Waals surface area contributed by atoms with Crippen molar-refractivity contribution in [2.45, 2.75) is 0 Å². The number of halogens is 2. The number of aromatic nitrogens is 1. The molecule has 0 spiro atoms. The van der Waals surface area contributed by atoms with Crippen LogP contribution < -0.4 is 4.74 Å². The molecule has 1 aromatic carbocycles. The summed E-state index contributed by atoms with van der Waals surface area (Å²) in [7, 11) is 2.87. The molecule has 0 saturated heterocycles. The minimum atomic E-state index is -0.428. The van der Waals surface area contributed by atoms with Crippen LogP contribution in [0.3, 0.4) is 0 Å². The van der Waals surface area contributed by atoms with Gasteiger partial charge in [0.2, 0.25) is 0 Å². The molecule has 0 amide bonds. The van der Waals surface area contributed by atoms with Crippen molar-refractivity contribution in [3.63, 3.8) is 0 Å². The van der Waals surface area contributed by atoms with E-state index in [-0.39, 0.29) is 0 Å². The largest absolute Gasteiger partial charge is 0.494 e. The van der Waals surface area contributed by atoms with Crippen molar-refractivity contribution < 1.29 is 14.3 Å². The van der Waals surface area contributed by atoms with Crippen molar-refractivity contribution in [3.8, 4) is 16.9 Å². The van der Waals surface area contributed by atoms with Crippen molar-refractivity contribution in [2.75, 3.05) is 14.2 Å². The van der Waals surface area contributed by atoms with Crippen LogP contribution in [-0.4, -0.2) is 25.2 Å². The van der Waals surface area contributed by atoms with Crippen LogP contribution in [0.25, 0.3) is 11.1 Å². The summed E-state index contributed by atoms with van der Waals surface area (Å²) in [6.07, 6.45) is 1.51. The van der Waals surface area contributed by atoms with E-state index in [0.717, 1.165) is 4.47 Å². The molecule has 1 aromatic heterocycles. The lowest BCUT2D eigenvalue weighted by Gasteiger charge is -2.12. The molecular formula is C14H11BrClNO3. The molecule has 4 nitrogen and oxygen atoms in total. The summed E-state index contributed by atoms with van der Waals surface area (Å²) in [5, 5.41) is 0.316. The lowest BCUT2D eigenvalue weighted by Crippen LogP contribution is -2.04. The van der Waals surface area contributed by atoms with Gasteiger partial charge < -0.3 is 9.47 Å². The Morgan fingerprint density at radius 2 is 2.00 bits per heavy atom. The van der Waals surface area contributed by atoms with Gasteiger partial charge in [-0.05, 0) is 24.3 Å². The predicted molar refractivity (Wildman–Crippen MR) is 80.3 cm³/mol. The van der Waals surface area contributed by atoms with Crippen LogP contribution in [0.2, 0.25) is 5.15 Å². The number of ether oxygens (including phenoxy) is 2. The molecular weight excluding hydrogens is 346 g/mol. The summed E-state index contributed by atoms with van der Waals surface area (Å²) in [6.45, 7) is 0. The van der Waals surface area contributed by atoms with E-state index < -0.39 is 5.97 Å². The van der Waals surface area contributed by atoms with Crippen LogP contribution in [0.4, 0.5) is 0 Å². The number of nitrogens with zero attached hydrogens (tertiary/aromatic N) is 1. The molecule has 2 rings (SSSR count). The third-order valence-corrected chi connectivity index (χ3v) is 3.43. The zero-order chi connectivity index (χ0) is 14.7. The zero-order valence-corrected chi connectivity index (χ0v) is 13.2. The number of carbonyl (C=O) groups excluding carboxylic acids is 1. The Hall–Kier alpha value is -1.59. The Morgan fingerprint density at radius 3 is 2.65 bits per heavy atom. The Labute approximate surface area is 129 Å². The fraction of sp³-hybridized carbons (Fsp3) is 0.143. The van der Waals surface area contributed by atoms with Gasteiger partial charge in [0.25, 0.3) is 0 Å². The standard InChI is InChI=1S/C14H11BrClNO3/c1-19-12-7-17-13(16)6-11(12)10-5-8(15)3-4-9(10)14(18)20-2/h3-7H,1-2H3. The highest BCUT2D eigenvalue weighted by atomic mass is 79.9. The number of benzene rings is 1. The van der Waals surface area contributed by atoms with Gasteiger partial charge in [0, 0.05) is 15.6 Å². The van der Waals surface area contributed by atoms with E-state index in [0.29, 0.717) is 27.6 Å². The molecule has 0 atom stereocenters. The number of rotatable bonds is 3. The molecule has 0 saturated carbocycles. The summed E-state index contributed by atoms with van der Waals surface area (Å²) >= 11 is 9.32. The summed E-state index contributed by atoms with van der Waals surface area (Å²) in [5.74, 6) is 0.0974. The van der Waals surface area contributed by atoms with Crippen LogP contribution in [0.1, 0.15) is 10.4 Å². The molecule has 0 radical (unpaired) electrons. The van der Waals surface area contributed by atoms with Gasteiger partial charge in [-0.25, -0.2) is 9.78 Å². The Morgan fingerprint density at radius 1 is 1.25 bits per heavy atom. The third-order valence-electron chi connectivity index (χ3n) is 2.73. The van der Waals surface area contributed by atoms with E-state index in [1.165, 1.54) is 20.4 Å². The van der Waals surface area contributed by atoms with E-state index in [1.54, 1.807) is 24.3 Å². The van der Waals surface area contributed by atoms with E-state index in [4.69, 9.17) is 21.1 Å².